The van der Waals surface area contributed by atoms with Gasteiger partial charge in [-0.05, 0) is 12.8 Å². The van der Waals surface area contributed by atoms with Gasteiger partial charge in [0.25, 0.3) is 0 Å². The maximum atomic E-state index is 12.0. The maximum Gasteiger partial charge on any atom is 0.351 e. The number of rotatable bonds is 5. The minimum atomic E-state index is -0.758. The number of aliphatic hydroxyl groups is 1. The molecule has 1 aromatic heterocycles. The van der Waals surface area contributed by atoms with Crippen LogP contribution in [0, 0.1) is 12.8 Å². The van der Waals surface area contributed by atoms with Crippen molar-refractivity contribution in [2.45, 2.75) is 51.7 Å². The summed E-state index contributed by atoms with van der Waals surface area (Å²) in [5.74, 6) is -0.481. The second kappa shape index (κ2) is 8.61. The lowest BCUT2D eigenvalue weighted by Gasteiger charge is -2.20. The van der Waals surface area contributed by atoms with Gasteiger partial charge in [-0.2, -0.15) is 4.98 Å². The van der Waals surface area contributed by atoms with Crippen LogP contribution in [0.5, 0.6) is 0 Å². The van der Waals surface area contributed by atoms with Crippen LogP contribution in [0.4, 0.5) is 5.82 Å². The molecule has 0 radical (unpaired) electrons. The quantitative estimate of drug-likeness (QED) is 0.596. The van der Waals surface area contributed by atoms with Crippen LogP contribution in [0.3, 0.4) is 0 Å². The summed E-state index contributed by atoms with van der Waals surface area (Å²) in [6, 6.07) is -0.758. The van der Waals surface area contributed by atoms with Crippen LogP contribution in [-0.4, -0.2) is 45.5 Å². The number of nitrogen functional groups attached to an aromatic ring is 1. The Morgan fingerprint density at radius 2 is 2.20 bits per heavy atom. The summed E-state index contributed by atoms with van der Waals surface area (Å²) >= 11 is 0. The lowest BCUT2D eigenvalue weighted by atomic mass is 10.1. The number of carbonyl (C=O) groups is 1. The molecule has 4 atom stereocenters. The highest BCUT2D eigenvalue weighted by atomic mass is 35.5. The number of aryl methyl sites for hydroxylation is 1. The Kier molecular flexibility index (Phi) is 7.36. The van der Waals surface area contributed by atoms with Crippen molar-refractivity contribution < 1.29 is 19.4 Å². The van der Waals surface area contributed by atoms with Gasteiger partial charge in [-0.1, -0.05) is 13.8 Å². The highest BCUT2D eigenvalue weighted by Crippen LogP contribution is 2.30. The maximum absolute atomic E-state index is 12.0. The third-order valence-electron chi connectivity index (χ3n) is 4.10. The number of nitrogens with zero attached hydrogens (tertiary/aromatic N) is 2. The molecule has 1 saturated heterocycles. The van der Waals surface area contributed by atoms with Crippen LogP contribution in [0.2, 0.25) is 0 Å². The predicted octanol–water partition coefficient (Wildman–Crippen LogP) is -0.269. The van der Waals surface area contributed by atoms with Gasteiger partial charge in [0.15, 0.2) is 0 Å². The topological polar surface area (TPSA) is 143 Å². The Labute approximate surface area is 151 Å². The van der Waals surface area contributed by atoms with Crippen molar-refractivity contribution >= 4 is 24.2 Å². The molecule has 0 aromatic carbocycles. The predicted molar refractivity (Wildman–Crippen MR) is 93.2 cm³/mol. The van der Waals surface area contributed by atoms with Gasteiger partial charge in [0.05, 0.1) is 6.61 Å². The van der Waals surface area contributed by atoms with E-state index in [0.29, 0.717) is 5.56 Å². The van der Waals surface area contributed by atoms with Gasteiger partial charge in [0, 0.05) is 18.2 Å². The van der Waals surface area contributed by atoms with E-state index in [1.54, 1.807) is 6.92 Å². The molecule has 0 unspecified atom stereocenters. The molecule has 1 aliphatic rings. The molecule has 2 rings (SSSR count). The second-order valence-corrected chi connectivity index (χ2v) is 6.29. The van der Waals surface area contributed by atoms with Crippen LogP contribution in [0.25, 0.3) is 0 Å². The molecular formula is C15H25ClN4O5. The SMILES string of the molecule is Cc1cn([C@H]2C[C@H](OC(=O)[C@H](N)C(C)C)[C@@H](CO)O2)c(=O)nc1N.Cl. The van der Waals surface area contributed by atoms with Crippen LogP contribution in [0.1, 0.15) is 32.1 Å². The molecule has 1 fully saturated rings. The third kappa shape index (κ3) is 4.69. The first kappa shape index (κ1) is 21.4. The fraction of sp³-hybridized carbons (Fsp3) is 0.667. The number of aromatic nitrogens is 2. The summed E-state index contributed by atoms with van der Waals surface area (Å²) in [7, 11) is 0. The Morgan fingerprint density at radius 3 is 2.76 bits per heavy atom. The van der Waals surface area contributed by atoms with E-state index in [1.807, 2.05) is 13.8 Å². The van der Waals surface area contributed by atoms with E-state index in [2.05, 4.69) is 4.98 Å². The van der Waals surface area contributed by atoms with E-state index in [-0.39, 0.29) is 37.2 Å². The van der Waals surface area contributed by atoms with Gasteiger partial charge < -0.3 is 26.0 Å². The van der Waals surface area contributed by atoms with E-state index >= 15 is 0 Å². The summed E-state index contributed by atoms with van der Waals surface area (Å²) in [5.41, 5.74) is 11.4. The zero-order valence-electron chi connectivity index (χ0n) is 14.4. The number of esters is 1. The second-order valence-electron chi connectivity index (χ2n) is 6.29. The summed E-state index contributed by atoms with van der Waals surface area (Å²) in [6.45, 7) is 5.00. The first-order valence-electron chi connectivity index (χ1n) is 7.82. The van der Waals surface area contributed by atoms with Crippen molar-refractivity contribution in [1.29, 1.82) is 0 Å². The van der Waals surface area contributed by atoms with Crippen molar-refractivity contribution in [1.82, 2.24) is 9.55 Å². The smallest absolute Gasteiger partial charge is 0.351 e. The Balaban J connectivity index is 0.00000312. The molecule has 2 heterocycles. The van der Waals surface area contributed by atoms with Crippen molar-refractivity contribution in [3.63, 3.8) is 0 Å². The molecule has 0 spiro atoms. The molecule has 0 aliphatic carbocycles. The fourth-order valence-electron chi connectivity index (χ4n) is 2.44. The molecule has 0 amide bonds. The largest absolute Gasteiger partial charge is 0.458 e. The average Bonchev–Trinajstić information content (AvgIpc) is 2.92. The fourth-order valence-corrected chi connectivity index (χ4v) is 2.44. The van der Waals surface area contributed by atoms with Crippen LogP contribution in [0.15, 0.2) is 11.0 Å². The number of hydrogen-bond acceptors (Lipinski definition) is 8. The Bertz CT molecular complexity index is 666. The van der Waals surface area contributed by atoms with Crippen molar-refractivity contribution in [2.24, 2.45) is 11.7 Å². The molecular weight excluding hydrogens is 352 g/mol. The van der Waals surface area contributed by atoms with Crippen LogP contribution < -0.4 is 17.2 Å². The van der Waals surface area contributed by atoms with E-state index in [4.69, 9.17) is 20.9 Å². The summed E-state index contributed by atoms with van der Waals surface area (Å²) < 4.78 is 12.3. The minimum absolute atomic E-state index is 0. The number of anilines is 1. The lowest BCUT2D eigenvalue weighted by Crippen LogP contribution is -2.41. The molecule has 1 aliphatic heterocycles. The van der Waals surface area contributed by atoms with Crippen LogP contribution in [-0.2, 0) is 14.3 Å². The van der Waals surface area contributed by atoms with Crippen molar-refractivity contribution in [3.05, 3.63) is 22.2 Å². The molecule has 5 N–H and O–H groups in total. The molecule has 10 heteroatoms. The van der Waals surface area contributed by atoms with E-state index in [1.165, 1.54) is 10.8 Å². The molecule has 1 aromatic rings. The first-order chi connectivity index (χ1) is 11.2. The number of nitrogens with two attached hydrogens (primary N) is 2. The zero-order chi connectivity index (χ0) is 18.0. The molecule has 9 nitrogen and oxygen atoms in total. The zero-order valence-corrected chi connectivity index (χ0v) is 15.2. The first-order valence-corrected chi connectivity index (χ1v) is 7.82. The Morgan fingerprint density at radius 1 is 1.56 bits per heavy atom. The van der Waals surface area contributed by atoms with Crippen molar-refractivity contribution in [3.8, 4) is 0 Å². The normalized spacial score (nSPS) is 24.0. The van der Waals surface area contributed by atoms with E-state index in [0.717, 1.165) is 0 Å². The monoisotopic (exact) mass is 376 g/mol. The number of carbonyl (C=O) groups excluding carboxylic acids is 1. The van der Waals surface area contributed by atoms with Gasteiger partial charge in [-0.15, -0.1) is 12.4 Å². The number of hydrogen-bond donors (Lipinski definition) is 3. The van der Waals surface area contributed by atoms with Crippen molar-refractivity contribution in [2.75, 3.05) is 12.3 Å². The van der Waals surface area contributed by atoms with Gasteiger partial charge in [-0.3, -0.25) is 9.36 Å². The molecule has 142 valence electrons. The Hall–Kier alpha value is -1.68. The van der Waals surface area contributed by atoms with Gasteiger partial charge >= 0.3 is 11.7 Å². The lowest BCUT2D eigenvalue weighted by molar-refractivity contribution is -0.155. The minimum Gasteiger partial charge on any atom is -0.458 e. The van der Waals surface area contributed by atoms with Crippen LogP contribution >= 0.6 is 12.4 Å². The molecule has 0 bridgehead atoms. The summed E-state index contributed by atoms with van der Waals surface area (Å²) in [4.78, 5) is 27.8. The number of aliphatic hydroxyl groups excluding tert-OH is 1. The highest BCUT2D eigenvalue weighted by Gasteiger charge is 2.40. The average molecular weight is 377 g/mol. The number of ether oxygens (including phenoxy) is 2. The highest BCUT2D eigenvalue weighted by molar-refractivity contribution is 5.85. The van der Waals surface area contributed by atoms with E-state index in [9.17, 15) is 14.7 Å². The molecule has 25 heavy (non-hydrogen) atoms. The third-order valence-corrected chi connectivity index (χ3v) is 4.10. The molecule has 0 saturated carbocycles. The summed E-state index contributed by atoms with van der Waals surface area (Å²) in [5, 5.41) is 9.46. The van der Waals surface area contributed by atoms with Gasteiger partial charge in [0.1, 0.15) is 30.3 Å². The van der Waals surface area contributed by atoms with Gasteiger partial charge in [-0.25, -0.2) is 4.79 Å². The number of halogens is 1. The van der Waals surface area contributed by atoms with Gasteiger partial charge in [0.2, 0.25) is 0 Å². The standard InChI is InChI=1S/C15H24N4O5.ClH/c1-7(2)12(16)14(21)24-9-4-11(23-10(9)6-20)19-5-8(3)13(17)18-15(19)22;/h5,7,9-12,20H,4,6,16H2,1-3H3,(H2,17,18,22);1H/t9-,10+,11+,12+;/m0./s1. The summed E-state index contributed by atoms with van der Waals surface area (Å²) in [6.07, 6.45) is -0.375. The van der Waals surface area contributed by atoms with E-state index < -0.39 is 36.1 Å².